The summed E-state index contributed by atoms with van der Waals surface area (Å²) in [6, 6.07) is 22.2. The van der Waals surface area contributed by atoms with E-state index in [0.29, 0.717) is 58.4 Å². The minimum atomic E-state index is -3.65. The van der Waals surface area contributed by atoms with Crippen molar-refractivity contribution in [1.82, 2.24) is 28.7 Å². The first-order chi connectivity index (χ1) is 21.8. The van der Waals surface area contributed by atoms with Crippen molar-refractivity contribution in [3.05, 3.63) is 123 Å². The largest absolute Gasteiger partial charge is 0.379 e. The van der Waals surface area contributed by atoms with E-state index in [2.05, 4.69) is 10.1 Å². The van der Waals surface area contributed by atoms with Crippen LogP contribution in [0.25, 0.3) is 40.1 Å². The predicted molar refractivity (Wildman–Crippen MR) is 170 cm³/mol. The number of aromatic nitrogens is 5. The van der Waals surface area contributed by atoms with Crippen LogP contribution >= 0.6 is 11.3 Å². The van der Waals surface area contributed by atoms with Crippen LogP contribution in [0.5, 0.6) is 0 Å². The third kappa shape index (κ3) is 5.85. The summed E-state index contributed by atoms with van der Waals surface area (Å²) in [4.78, 5) is 18.4. The van der Waals surface area contributed by atoms with Gasteiger partial charge in [-0.25, -0.2) is 17.5 Å². The molecule has 0 aliphatic carbocycles. The first-order valence-electron chi connectivity index (χ1n) is 14.0. The molecule has 0 unspecified atom stereocenters. The van der Waals surface area contributed by atoms with Gasteiger partial charge in [0.25, 0.3) is 5.56 Å². The van der Waals surface area contributed by atoms with Crippen LogP contribution in [0.2, 0.25) is 0 Å². The third-order valence-electron chi connectivity index (χ3n) is 7.28. The van der Waals surface area contributed by atoms with E-state index in [1.165, 1.54) is 32.3 Å². The molecule has 10 nitrogen and oxygen atoms in total. The van der Waals surface area contributed by atoms with Crippen molar-refractivity contribution < 1.29 is 17.5 Å². The molecule has 0 N–H and O–H groups in total. The number of nitrogens with zero attached hydrogens (tertiary/aromatic N) is 6. The summed E-state index contributed by atoms with van der Waals surface area (Å²) in [5.74, 6) is 0.0395. The Morgan fingerprint density at radius 1 is 0.889 bits per heavy atom. The van der Waals surface area contributed by atoms with Crippen LogP contribution in [-0.2, 0) is 14.8 Å². The van der Waals surface area contributed by atoms with Crippen LogP contribution < -0.4 is 10.1 Å². The Morgan fingerprint density at radius 3 is 2.33 bits per heavy atom. The zero-order valence-electron chi connectivity index (χ0n) is 23.7. The molecule has 226 valence electrons. The highest BCUT2D eigenvalue weighted by Crippen LogP contribution is 2.27. The number of rotatable bonds is 7. The molecule has 0 amide bonds. The maximum absolute atomic E-state index is 13.4. The SMILES string of the molecule is O=c1/c(=C/c2cn(-c3ccccc3)nc2-c2ccc(S(=O)(=O)N3CCOCC3)cc2)sc2nc(/C=C/c3ccc(F)cc3)nn12. The van der Waals surface area contributed by atoms with Gasteiger partial charge in [-0.15, -0.1) is 5.10 Å². The van der Waals surface area contributed by atoms with E-state index >= 15 is 0 Å². The zero-order chi connectivity index (χ0) is 31.0. The summed E-state index contributed by atoms with van der Waals surface area (Å²) in [6.07, 6.45) is 6.99. The number of ether oxygens (including phenoxy) is 1. The molecule has 3 aromatic heterocycles. The van der Waals surface area contributed by atoms with E-state index in [1.807, 2.05) is 36.5 Å². The minimum Gasteiger partial charge on any atom is -0.379 e. The van der Waals surface area contributed by atoms with Crippen LogP contribution in [0.3, 0.4) is 0 Å². The fraction of sp³-hybridized carbons (Fsp3) is 0.125. The minimum absolute atomic E-state index is 0.192. The molecule has 0 atom stereocenters. The Morgan fingerprint density at radius 2 is 1.62 bits per heavy atom. The first kappa shape index (κ1) is 28.9. The molecule has 0 saturated carbocycles. The fourth-order valence-electron chi connectivity index (χ4n) is 4.96. The smallest absolute Gasteiger partial charge is 0.291 e. The number of thiazole rings is 1. The van der Waals surface area contributed by atoms with Crippen LogP contribution in [0.1, 0.15) is 17.0 Å². The molecule has 1 fully saturated rings. The van der Waals surface area contributed by atoms with E-state index in [4.69, 9.17) is 9.84 Å². The Kier molecular flexibility index (Phi) is 7.67. The van der Waals surface area contributed by atoms with Crippen molar-refractivity contribution in [3.8, 4) is 16.9 Å². The van der Waals surface area contributed by atoms with Crippen LogP contribution in [0.4, 0.5) is 4.39 Å². The molecule has 1 saturated heterocycles. The lowest BCUT2D eigenvalue weighted by atomic mass is 10.1. The zero-order valence-corrected chi connectivity index (χ0v) is 25.3. The summed E-state index contributed by atoms with van der Waals surface area (Å²) >= 11 is 1.20. The first-order valence-corrected chi connectivity index (χ1v) is 16.3. The number of para-hydroxylation sites is 1. The van der Waals surface area contributed by atoms with Crippen molar-refractivity contribution in [2.45, 2.75) is 4.90 Å². The molecule has 6 aromatic rings. The van der Waals surface area contributed by atoms with Gasteiger partial charge in [0.15, 0.2) is 5.82 Å². The lowest BCUT2D eigenvalue weighted by Gasteiger charge is -2.26. The number of hydrogen-bond donors (Lipinski definition) is 0. The van der Waals surface area contributed by atoms with E-state index < -0.39 is 10.0 Å². The van der Waals surface area contributed by atoms with Crippen LogP contribution in [0.15, 0.2) is 94.7 Å². The molecule has 1 aliphatic rings. The van der Waals surface area contributed by atoms with Crippen molar-refractivity contribution in [3.63, 3.8) is 0 Å². The standard InChI is InChI=1S/C32H25FN6O4S2/c33-25-11-6-22(7-12-25)8-15-29-34-32-39(35-29)31(40)28(44-32)20-24-21-38(26-4-2-1-3-5-26)36-30(24)23-9-13-27(14-10-23)45(41,42)37-16-18-43-19-17-37/h1-15,20-21H,16-19H2/b15-8+,28-20-. The number of sulfonamides is 1. The van der Waals surface area contributed by atoms with Crippen LogP contribution in [-0.4, -0.2) is 63.4 Å². The quantitative estimate of drug-likeness (QED) is 0.260. The maximum atomic E-state index is 13.4. The molecule has 0 radical (unpaired) electrons. The maximum Gasteiger partial charge on any atom is 0.291 e. The van der Waals surface area contributed by atoms with Crippen molar-refractivity contribution in [2.75, 3.05) is 26.3 Å². The molecule has 3 aromatic carbocycles. The van der Waals surface area contributed by atoms with Gasteiger partial charge in [0.1, 0.15) is 5.82 Å². The molecular formula is C32H25FN6O4S2. The van der Waals surface area contributed by atoms with Gasteiger partial charge in [-0.3, -0.25) is 4.79 Å². The van der Waals surface area contributed by atoms with Gasteiger partial charge in [0.2, 0.25) is 15.0 Å². The Balaban J connectivity index is 1.25. The number of halogens is 1. The number of hydrogen-bond acceptors (Lipinski definition) is 8. The van der Waals surface area contributed by atoms with Gasteiger partial charge < -0.3 is 4.74 Å². The van der Waals surface area contributed by atoms with E-state index in [-0.39, 0.29) is 16.3 Å². The van der Waals surface area contributed by atoms with Gasteiger partial charge in [-0.05, 0) is 54.1 Å². The Hall–Kier alpha value is -4.82. The third-order valence-corrected chi connectivity index (χ3v) is 10.2. The van der Waals surface area contributed by atoms with Gasteiger partial charge in [-0.1, -0.05) is 59.9 Å². The van der Waals surface area contributed by atoms with Crippen molar-refractivity contribution in [2.24, 2.45) is 0 Å². The molecule has 4 heterocycles. The summed E-state index contributed by atoms with van der Waals surface area (Å²) in [5.41, 5.74) is 3.22. The summed E-state index contributed by atoms with van der Waals surface area (Å²) in [5, 5.41) is 9.16. The highest BCUT2D eigenvalue weighted by molar-refractivity contribution is 7.89. The molecule has 7 rings (SSSR count). The molecular weight excluding hydrogens is 616 g/mol. The van der Waals surface area contributed by atoms with Crippen molar-refractivity contribution >= 4 is 44.5 Å². The Labute approximate surface area is 261 Å². The topological polar surface area (TPSA) is 112 Å². The van der Waals surface area contributed by atoms with Gasteiger partial charge in [-0.2, -0.15) is 18.9 Å². The average Bonchev–Trinajstić information content (AvgIpc) is 3.76. The summed E-state index contributed by atoms with van der Waals surface area (Å²) < 4.78 is 49.6. The predicted octanol–water partition coefficient (Wildman–Crippen LogP) is 3.88. The Bertz CT molecular complexity index is 2240. The lowest BCUT2D eigenvalue weighted by Crippen LogP contribution is -2.40. The average molecular weight is 641 g/mol. The number of benzene rings is 3. The number of fused-ring (bicyclic) bond motifs is 1. The highest BCUT2D eigenvalue weighted by atomic mass is 32.2. The number of morpholine rings is 1. The van der Waals surface area contributed by atoms with Crippen LogP contribution in [0, 0.1) is 5.82 Å². The molecule has 45 heavy (non-hydrogen) atoms. The lowest BCUT2D eigenvalue weighted by molar-refractivity contribution is 0.0730. The molecule has 13 heteroatoms. The van der Waals surface area contributed by atoms with Gasteiger partial charge in [0, 0.05) is 30.4 Å². The van der Waals surface area contributed by atoms with E-state index in [9.17, 15) is 17.6 Å². The van der Waals surface area contributed by atoms with Crippen molar-refractivity contribution in [1.29, 1.82) is 0 Å². The van der Waals surface area contributed by atoms with Gasteiger partial charge in [0.05, 0.1) is 34.0 Å². The molecule has 0 bridgehead atoms. The molecule has 1 aliphatic heterocycles. The highest BCUT2D eigenvalue weighted by Gasteiger charge is 2.26. The monoisotopic (exact) mass is 640 g/mol. The van der Waals surface area contributed by atoms with E-state index in [0.717, 1.165) is 11.3 Å². The fourth-order valence-corrected chi connectivity index (χ4v) is 7.27. The van der Waals surface area contributed by atoms with E-state index in [1.54, 1.807) is 59.3 Å². The second kappa shape index (κ2) is 11.9. The molecule has 0 spiro atoms. The summed E-state index contributed by atoms with van der Waals surface area (Å²) in [7, 11) is -3.65. The second-order valence-electron chi connectivity index (χ2n) is 10.2. The summed E-state index contributed by atoms with van der Waals surface area (Å²) in [6.45, 7) is 1.36. The van der Waals surface area contributed by atoms with Gasteiger partial charge >= 0.3 is 0 Å². The second-order valence-corrected chi connectivity index (χ2v) is 13.2. The normalized spacial score (nSPS) is 15.0.